The van der Waals surface area contributed by atoms with Gasteiger partial charge >= 0.3 is 0 Å². The first-order chi connectivity index (χ1) is 12.1. The lowest BCUT2D eigenvalue weighted by atomic mass is 9.99. The predicted octanol–water partition coefficient (Wildman–Crippen LogP) is 4.06. The average Bonchev–Trinajstić information content (AvgIpc) is 3.25. The molecule has 2 heterocycles. The van der Waals surface area contributed by atoms with Gasteiger partial charge in [-0.1, -0.05) is 23.2 Å². The first-order valence-corrected chi connectivity index (χ1v) is 11.1. The number of aryl methyl sites for hydroxylation is 1. The van der Waals surface area contributed by atoms with E-state index in [2.05, 4.69) is 9.80 Å². The van der Waals surface area contributed by atoms with E-state index in [1.165, 1.54) is 31.5 Å². The Labute approximate surface area is 164 Å². The lowest BCUT2D eigenvalue weighted by molar-refractivity contribution is -0.135. The molecular formula is C19H24Cl2N2OS. The number of likely N-dealkylation sites (tertiary alicyclic amines) is 1. The number of thioether (sulfide) groups is 1. The number of hydrogen-bond acceptors (Lipinski definition) is 3. The maximum absolute atomic E-state index is 13.4. The van der Waals surface area contributed by atoms with Gasteiger partial charge in [0, 0.05) is 24.6 Å². The molecular weight excluding hydrogens is 375 g/mol. The largest absolute Gasteiger partial charge is 0.336 e. The van der Waals surface area contributed by atoms with Crippen LogP contribution >= 0.6 is 35.0 Å². The van der Waals surface area contributed by atoms with E-state index in [0.29, 0.717) is 22.0 Å². The third kappa shape index (κ3) is 3.69. The molecule has 6 heteroatoms. The van der Waals surface area contributed by atoms with Crippen molar-refractivity contribution in [3.8, 4) is 0 Å². The van der Waals surface area contributed by atoms with Gasteiger partial charge in [0.25, 0.3) is 0 Å². The molecule has 2 saturated heterocycles. The summed E-state index contributed by atoms with van der Waals surface area (Å²) in [4.78, 5) is 18.1. The molecule has 0 radical (unpaired) electrons. The van der Waals surface area contributed by atoms with Gasteiger partial charge in [0.15, 0.2) is 0 Å². The number of hydrogen-bond donors (Lipinski definition) is 0. The Morgan fingerprint density at radius 3 is 2.72 bits per heavy atom. The molecule has 25 heavy (non-hydrogen) atoms. The van der Waals surface area contributed by atoms with E-state index < -0.39 is 0 Å². The van der Waals surface area contributed by atoms with Gasteiger partial charge in [0.05, 0.1) is 22.0 Å². The number of nitrogens with zero attached hydrogens (tertiary/aromatic N) is 2. The maximum Gasteiger partial charge on any atom is 0.230 e. The molecule has 136 valence electrons. The monoisotopic (exact) mass is 398 g/mol. The third-order valence-corrected chi connectivity index (χ3v) is 7.55. The molecule has 0 aromatic heterocycles. The lowest BCUT2D eigenvalue weighted by Crippen LogP contribution is -2.52. The summed E-state index contributed by atoms with van der Waals surface area (Å²) in [5, 5.41) is 1.15. The van der Waals surface area contributed by atoms with Gasteiger partial charge in [-0.2, -0.15) is 11.8 Å². The number of carbonyl (C=O) groups is 1. The van der Waals surface area contributed by atoms with Crippen molar-refractivity contribution < 1.29 is 4.79 Å². The molecule has 0 spiro atoms. The van der Waals surface area contributed by atoms with Crippen LogP contribution in [0.1, 0.15) is 36.3 Å². The standard InChI is InChI=1S/C19H24Cl2N2OS/c20-17-9-13-3-4-15(16(13)10-18(17)21)19(24)23-7-8-25-12-14(23)11-22-5-1-2-6-22/h9-10,14-15H,1-8,11-12H2/t14-,15?/m1/s1. The zero-order valence-corrected chi connectivity index (χ0v) is 16.7. The van der Waals surface area contributed by atoms with Crippen LogP contribution in [0.5, 0.6) is 0 Å². The Bertz CT molecular complexity index is 663. The highest BCUT2D eigenvalue weighted by Gasteiger charge is 2.37. The van der Waals surface area contributed by atoms with E-state index in [9.17, 15) is 4.79 Å². The van der Waals surface area contributed by atoms with Crippen LogP contribution in [-0.4, -0.2) is 59.4 Å². The van der Waals surface area contributed by atoms with Crippen molar-refractivity contribution in [3.05, 3.63) is 33.3 Å². The number of fused-ring (bicyclic) bond motifs is 1. The fourth-order valence-corrected chi connectivity index (χ4v) is 5.82. The molecule has 3 nitrogen and oxygen atoms in total. The molecule has 2 atom stereocenters. The summed E-state index contributed by atoms with van der Waals surface area (Å²) in [7, 11) is 0. The van der Waals surface area contributed by atoms with Crippen LogP contribution < -0.4 is 0 Å². The van der Waals surface area contributed by atoms with Crippen LogP contribution in [0.4, 0.5) is 0 Å². The van der Waals surface area contributed by atoms with Gasteiger partial charge in [-0.15, -0.1) is 0 Å². The minimum atomic E-state index is -0.0473. The number of rotatable bonds is 3. The molecule has 2 fully saturated rings. The Morgan fingerprint density at radius 2 is 1.92 bits per heavy atom. The number of benzene rings is 1. The topological polar surface area (TPSA) is 23.6 Å². The summed E-state index contributed by atoms with van der Waals surface area (Å²) in [6.45, 7) is 4.27. The van der Waals surface area contributed by atoms with Gasteiger partial charge < -0.3 is 9.80 Å². The predicted molar refractivity (Wildman–Crippen MR) is 106 cm³/mol. The summed E-state index contributed by atoms with van der Waals surface area (Å²) >= 11 is 14.4. The zero-order valence-electron chi connectivity index (χ0n) is 14.3. The second-order valence-corrected chi connectivity index (χ2v) is 9.29. The summed E-state index contributed by atoms with van der Waals surface area (Å²) in [5.41, 5.74) is 2.28. The van der Waals surface area contributed by atoms with E-state index in [-0.39, 0.29) is 5.92 Å². The Hall–Kier alpha value is -0.420. The lowest BCUT2D eigenvalue weighted by Gasteiger charge is -2.39. The maximum atomic E-state index is 13.4. The van der Waals surface area contributed by atoms with Gasteiger partial charge in [-0.05, 0) is 62.0 Å². The van der Waals surface area contributed by atoms with Crippen LogP contribution in [0, 0.1) is 0 Å². The normalized spacial score (nSPS) is 26.9. The molecule has 4 rings (SSSR count). The number of carbonyl (C=O) groups excluding carboxylic acids is 1. The number of halogens is 2. The fourth-order valence-electron chi connectivity index (χ4n) is 4.42. The smallest absolute Gasteiger partial charge is 0.230 e. The van der Waals surface area contributed by atoms with E-state index >= 15 is 0 Å². The minimum absolute atomic E-state index is 0.0473. The van der Waals surface area contributed by atoms with Crippen molar-refractivity contribution in [2.45, 2.75) is 37.6 Å². The highest BCUT2D eigenvalue weighted by atomic mass is 35.5. The van der Waals surface area contributed by atoms with Gasteiger partial charge in [-0.3, -0.25) is 4.79 Å². The van der Waals surface area contributed by atoms with Crippen LogP contribution in [0.2, 0.25) is 10.0 Å². The first-order valence-electron chi connectivity index (χ1n) is 9.22. The van der Waals surface area contributed by atoms with Crippen molar-refractivity contribution in [3.63, 3.8) is 0 Å². The second kappa shape index (κ2) is 7.67. The minimum Gasteiger partial charge on any atom is -0.336 e. The molecule has 0 N–H and O–H groups in total. The van der Waals surface area contributed by atoms with Crippen LogP contribution in [0.25, 0.3) is 0 Å². The van der Waals surface area contributed by atoms with Crippen LogP contribution in [0.15, 0.2) is 12.1 Å². The zero-order chi connectivity index (χ0) is 17.4. The highest BCUT2D eigenvalue weighted by Crippen LogP contribution is 2.39. The highest BCUT2D eigenvalue weighted by molar-refractivity contribution is 7.99. The van der Waals surface area contributed by atoms with Crippen molar-refractivity contribution in [1.82, 2.24) is 9.80 Å². The van der Waals surface area contributed by atoms with Gasteiger partial charge in [-0.25, -0.2) is 0 Å². The van der Waals surface area contributed by atoms with Gasteiger partial charge in [0.1, 0.15) is 0 Å². The van der Waals surface area contributed by atoms with E-state index in [1.54, 1.807) is 0 Å². The third-order valence-electron chi connectivity index (χ3n) is 5.74. The molecule has 1 amide bonds. The molecule has 2 aliphatic heterocycles. The summed E-state index contributed by atoms with van der Waals surface area (Å²) in [5.74, 6) is 2.35. The summed E-state index contributed by atoms with van der Waals surface area (Å²) < 4.78 is 0. The number of amides is 1. The second-order valence-electron chi connectivity index (χ2n) is 7.32. The average molecular weight is 399 g/mol. The SMILES string of the molecule is O=C(C1CCc2cc(Cl)c(Cl)cc21)N1CCSC[C@H]1CN1CCCC1. The Morgan fingerprint density at radius 1 is 1.16 bits per heavy atom. The van der Waals surface area contributed by atoms with E-state index in [1.807, 2.05) is 23.9 Å². The first kappa shape index (κ1) is 18.0. The van der Waals surface area contributed by atoms with E-state index in [0.717, 1.165) is 43.0 Å². The molecule has 1 aromatic rings. The quantitative estimate of drug-likeness (QED) is 0.766. The molecule has 0 bridgehead atoms. The van der Waals surface area contributed by atoms with Gasteiger partial charge in [0.2, 0.25) is 5.91 Å². The van der Waals surface area contributed by atoms with Crippen molar-refractivity contribution in [1.29, 1.82) is 0 Å². The Balaban J connectivity index is 1.52. The molecule has 0 saturated carbocycles. The van der Waals surface area contributed by atoms with Crippen molar-refractivity contribution in [2.75, 3.05) is 37.7 Å². The molecule has 1 aliphatic carbocycles. The van der Waals surface area contributed by atoms with Crippen molar-refractivity contribution >= 4 is 40.9 Å². The molecule has 1 unspecified atom stereocenters. The summed E-state index contributed by atoms with van der Waals surface area (Å²) in [6, 6.07) is 4.21. The Kier molecular flexibility index (Phi) is 5.52. The molecule has 1 aromatic carbocycles. The van der Waals surface area contributed by atoms with Crippen LogP contribution in [0.3, 0.4) is 0 Å². The summed E-state index contributed by atoms with van der Waals surface area (Å²) in [6.07, 6.45) is 4.39. The molecule has 3 aliphatic rings. The van der Waals surface area contributed by atoms with Crippen LogP contribution in [-0.2, 0) is 11.2 Å². The fraction of sp³-hybridized carbons (Fsp3) is 0.632. The van der Waals surface area contributed by atoms with E-state index in [4.69, 9.17) is 23.2 Å². The van der Waals surface area contributed by atoms with Crippen molar-refractivity contribution in [2.24, 2.45) is 0 Å².